The molecule has 0 bridgehead atoms. The summed E-state index contributed by atoms with van der Waals surface area (Å²) in [6.07, 6.45) is 4.25. The molecule has 0 aliphatic carbocycles. The zero-order valence-electron chi connectivity index (χ0n) is 12.9. The Bertz CT molecular complexity index is 652. The van der Waals surface area contributed by atoms with Gasteiger partial charge in [-0.3, -0.25) is 10.3 Å². The molecule has 7 nitrogen and oxygen atoms in total. The van der Waals surface area contributed by atoms with Crippen LogP contribution in [0.2, 0.25) is 0 Å². The van der Waals surface area contributed by atoms with Gasteiger partial charge in [-0.2, -0.15) is 0 Å². The van der Waals surface area contributed by atoms with E-state index in [0.29, 0.717) is 23.3 Å². The number of nitrogens with zero attached hydrogens (tertiary/aromatic N) is 3. The van der Waals surface area contributed by atoms with E-state index >= 15 is 0 Å². The average molecular weight is 322 g/mol. The predicted molar refractivity (Wildman–Crippen MR) is 84.2 cm³/mol. The van der Waals surface area contributed by atoms with Crippen LogP contribution in [0.15, 0.2) is 18.6 Å². The number of ether oxygens (including phenoxy) is 2. The molecule has 1 amide bonds. The fraction of sp³-hybridized carbons (Fsp3) is 0.429. The molecule has 0 saturated heterocycles. The van der Waals surface area contributed by atoms with E-state index in [2.05, 4.69) is 20.3 Å². The molecule has 1 N–H and O–H groups in total. The summed E-state index contributed by atoms with van der Waals surface area (Å²) >= 11 is 1.29. The van der Waals surface area contributed by atoms with Crippen molar-refractivity contribution in [1.29, 1.82) is 0 Å². The number of anilines is 1. The van der Waals surface area contributed by atoms with Crippen LogP contribution >= 0.6 is 11.3 Å². The zero-order chi connectivity index (χ0) is 16.2. The molecule has 0 aromatic carbocycles. The van der Waals surface area contributed by atoms with Gasteiger partial charge in [-0.1, -0.05) is 11.3 Å². The lowest BCUT2D eigenvalue weighted by Crippen LogP contribution is -2.27. The van der Waals surface area contributed by atoms with E-state index in [9.17, 15) is 4.79 Å². The first-order valence-corrected chi connectivity index (χ1v) is 7.60. The molecular weight excluding hydrogens is 304 g/mol. The lowest BCUT2D eigenvalue weighted by molar-refractivity contribution is 0.0636. The highest BCUT2D eigenvalue weighted by Crippen LogP contribution is 2.28. The van der Waals surface area contributed by atoms with Crippen molar-refractivity contribution in [2.24, 2.45) is 0 Å². The molecule has 0 spiro atoms. The third-order valence-electron chi connectivity index (χ3n) is 2.27. The smallest absolute Gasteiger partial charge is 0.413 e. The van der Waals surface area contributed by atoms with Crippen molar-refractivity contribution >= 4 is 22.6 Å². The van der Waals surface area contributed by atoms with Crippen LogP contribution in [0.5, 0.6) is 5.88 Å². The van der Waals surface area contributed by atoms with Gasteiger partial charge in [0.2, 0.25) is 5.88 Å². The van der Waals surface area contributed by atoms with Gasteiger partial charge in [0, 0.05) is 6.20 Å². The average Bonchev–Trinajstić information content (AvgIpc) is 2.85. The van der Waals surface area contributed by atoms with Crippen molar-refractivity contribution in [2.45, 2.75) is 33.3 Å². The van der Waals surface area contributed by atoms with E-state index in [0.717, 1.165) is 4.88 Å². The molecule has 22 heavy (non-hydrogen) atoms. The van der Waals surface area contributed by atoms with Crippen molar-refractivity contribution < 1.29 is 14.3 Å². The summed E-state index contributed by atoms with van der Waals surface area (Å²) < 4.78 is 10.5. The molecule has 0 saturated carbocycles. The SMILES string of the molecule is CCOc1cncc(-c2cnc(NC(=O)OC(C)(C)C)s2)n1. The van der Waals surface area contributed by atoms with Crippen LogP contribution < -0.4 is 10.1 Å². The van der Waals surface area contributed by atoms with Gasteiger partial charge >= 0.3 is 6.09 Å². The third kappa shape index (κ3) is 4.66. The first-order valence-electron chi connectivity index (χ1n) is 6.78. The van der Waals surface area contributed by atoms with Gasteiger partial charge in [0.25, 0.3) is 0 Å². The number of hydrogen-bond donors (Lipinski definition) is 1. The van der Waals surface area contributed by atoms with Gasteiger partial charge < -0.3 is 9.47 Å². The van der Waals surface area contributed by atoms with Gasteiger partial charge in [-0.15, -0.1) is 0 Å². The second-order valence-electron chi connectivity index (χ2n) is 5.33. The lowest BCUT2D eigenvalue weighted by Gasteiger charge is -2.18. The maximum absolute atomic E-state index is 11.7. The molecule has 0 aliphatic rings. The molecule has 0 fully saturated rings. The van der Waals surface area contributed by atoms with E-state index in [1.54, 1.807) is 39.4 Å². The van der Waals surface area contributed by atoms with Gasteiger partial charge in [0.15, 0.2) is 5.13 Å². The number of aromatic nitrogens is 3. The van der Waals surface area contributed by atoms with Crippen LogP contribution in [-0.2, 0) is 4.74 Å². The Labute approximate surface area is 132 Å². The van der Waals surface area contributed by atoms with Gasteiger partial charge in [0.05, 0.1) is 23.9 Å². The lowest BCUT2D eigenvalue weighted by atomic mass is 10.2. The largest absolute Gasteiger partial charge is 0.477 e. The van der Waals surface area contributed by atoms with Crippen LogP contribution in [0.1, 0.15) is 27.7 Å². The van der Waals surface area contributed by atoms with Crippen molar-refractivity contribution in [3.63, 3.8) is 0 Å². The number of nitrogens with one attached hydrogen (secondary N) is 1. The molecular formula is C14H18N4O3S. The Morgan fingerprint density at radius 2 is 2.09 bits per heavy atom. The first kappa shape index (κ1) is 16.2. The highest BCUT2D eigenvalue weighted by atomic mass is 32.1. The van der Waals surface area contributed by atoms with Crippen LogP contribution in [-0.4, -0.2) is 33.3 Å². The zero-order valence-corrected chi connectivity index (χ0v) is 13.7. The Kier molecular flexibility index (Phi) is 4.92. The minimum atomic E-state index is -0.554. The highest BCUT2D eigenvalue weighted by molar-refractivity contribution is 7.19. The summed E-state index contributed by atoms with van der Waals surface area (Å²) in [6, 6.07) is 0. The minimum Gasteiger partial charge on any atom is -0.477 e. The number of hydrogen-bond acceptors (Lipinski definition) is 7. The second-order valence-corrected chi connectivity index (χ2v) is 6.36. The maximum atomic E-state index is 11.7. The van der Waals surface area contributed by atoms with Crippen molar-refractivity contribution in [1.82, 2.24) is 15.0 Å². The number of amides is 1. The highest BCUT2D eigenvalue weighted by Gasteiger charge is 2.17. The van der Waals surface area contributed by atoms with E-state index in [1.807, 2.05) is 6.92 Å². The maximum Gasteiger partial charge on any atom is 0.413 e. The van der Waals surface area contributed by atoms with Crippen molar-refractivity contribution in [2.75, 3.05) is 11.9 Å². The molecule has 8 heteroatoms. The summed E-state index contributed by atoms with van der Waals surface area (Å²) in [5.74, 6) is 0.454. The number of thiazole rings is 1. The summed E-state index contributed by atoms with van der Waals surface area (Å²) in [5, 5.41) is 3.03. The standard InChI is InChI=1S/C14H18N4O3S/c1-5-20-11-8-15-6-9(17-11)10-7-16-12(22-10)18-13(19)21-14(2,3)4/h6-8H,5H2,1-4H3,(H,16,18,19). The van der Waals surface area contributed by atoms with Crippen LogP contribution in [0, 0.1) is 0 Å². The predicted octanol–water partition coefficient (Wildman–Crippen LogP) is 3.35. The number of carbonyl (C=O) groups excluding carboxylic acids is 1. The Morgan fingerprint density at radius 1 is 1.32 bits per heavy atom. The minimum absolute atomic E-state index is 0.438. The molecule has 2 rings (SSSR count). The molecule has 2 aromatic rings. The van der Waals surface area contributed by atoms with Crippen LogP contribution in [0.25, 0.3) is 10.6 Å². The number of rotatable bonds is 4. The first-order chi connectivity index (χ1) is 10.4. The number of carbonyl (C=O) groups is 1. The Morgan fingerprint density at radius 3 is 2.77 bits per heavy atom. The molecule has 0 unspecified atom stereocenters. The summed E-state index contributed by atoms with van der Waals surface area (Å²) in [5.41, 5.74) is 0.0854. The molecule has 0 aliphatic heterocycles. The van der Waals surface area contributed by atoms with Gasteiger partial charge in [-0.05, 0) is 27.7 Å². The van der Waals surface area contributed by atoms with E-state index in [-0.39, 0.29) is 0 Å². The topological polar surface area (TPSA) is 86.2 Å². The Balaban J connectivity index is 2.08. The molecule has 118 valence electrons. The third-order valence-corrected chi connectivity index (χ3v) is 3.21. The van der Waals surface area contributed by atoms with E-state index in [4.69, 9.17) is 9.47 Å². The summed E-state index contributed by atoms with van der Waals surface area (Å²) in [7, 11) is 0. The van der Waals surface area contributed by atoms with Gasteiger partial charge in [-0.25, -0.2) is 14.8 Å². The van der Waals surface area contributed by atoms with Crippen molar-refractivity contribution in [3.8, 4) is 16.5 Å². The van der Waals surface area contributed by atoms with Crippen molar-refractivity contribution in [3.05, 3.63) is 18.6 Å². The molecule has 2 heterocycles. The Hall–Kier alpha value is -2.22. The van der Waals surface area contributed by atoms with Crippen LogP contribution in [0.3, 0.4) is 0 Å². The van der Waals surface area contributed by atoms with Gasteiger partial charge in [0.1, 0.15) is 11.3 Å². The fourth-order valence-electron chi connectivity index (χ4n) is 1.53. The molecule has 0 atom stereocenters. The quantitative estimate of drug-likeness (QED) is 0.929. The van der Waals surface area contributed by atoms with Crippen LogP contribution in [0.4, 0.5) is 9.93 Å². The summed E-state index contributed by atoms with van der Waals surface area (Å²) in [4.78, 5) is 25.0. The monoisotopic (exact) mass is 322 g/mol. The normalized spacial score (nSPS) is 11.1. The summed E-state index contributed by atoms with van der Waals surface area (Å²) in [6.45, 7) is 7.80. The molecule has 0 radical (unpaired) electrons. The fourth-order valence-corrected chi connectivity index (χ4v) is 2.28. The van der Waals surface area contributed by atoms with E-state index < -0.39 is 11.7 Å². The molecule has 2 aromatic heterocycles. The van der Waals surface area contributed by atoms with E-state index in [1.165, 1.54) is 11.3 Å². The second kappa shape index (κ2) is 6.69.